The minimum Gasteiger partial charge on any atom is -0.350 e. The smallest absolute Gasteiger partial charge is 0.283 e. The third kappa shape index (κ3) is 5.10. The molecule has 1 aliphatic heterocycles. The van der Waals surface area contributed by atoms with E-state index in [0.29, 0.717) is 43.4 Å². The van der Waals surface area contributed by atoms with Gasteiger partial charge in [-0.05, 0) is 54.6 Å². The monoisotopic (exact) mass is 568 g/mol. The van der Waals surface area contributed by atoms with Crippen LogP contribution in [-0.4, -0.2) is 22.7 Å². The van der Waals surface area contributed by atoms with Crippen LogP contribution in [0.1, 0.15) is 10.4 Å². The van der Waals surface area contributed by atoms with Gasteiger partial charge in [-0.15, -0.1) is 11.3 Å². The van der Waals surface area contributed by atoms with Gasteiger partial charge in [0.25, 0.3) is 17.7 Å². The molecule has 37 heavy (non-hydrogen) atoms. The van der Waals surface area contributed by atoms with Gasteiger partial charge in [0.05, 0.1) is 16.4 Å². The van der Waals surface area contributed by atoms with Gasteiger partial charge in [0.2, 0.25) is 0 Å². The Kier molecular flexibility index (Phi) is 6.99. The molecular weight excluding hydrogens is 555 g/mol. The van der Waals surface area contributed by atoms with Crippen molar-refractivity contribution in [3.8, 4) is 11.3 Å². The molecule has 7 nitrogen and oxygen atoms in total. The van der Waals surface area contributed by atoms with Crippen molar-refractivity contribution in [2.24, 2.45) is 0 Å². The number of imide groups is 1. The minimum atomic E-state index is -0.612. The van der Waals surface area contributed by atoms with Crippen LogP contribution in [0.2, 0.25) is 10.0 Å². The zero-order valence-electron chi connectivity index (χ0n) is 18.7. The average Bonchev–Trinajstić information content (AvgIpc) is 3.43. The summed E-state index contributed by atoms with van der Waals surface area (Å²) in [6.07, 6.45) is 0. The maximum Gasteiger partial charge on any atom is 0.283 e. The van der Waals surface area contributed by atoms with Gasteiger partial charge in [0.15, 0.2) is 5.13 Å². The number of anilines is 3. The van der Waals surface area contributed by atoms with E-state index < -0.39 is 11.8 Å². The fourth-order valence-electron chi connectivity index (χ4n) is 3.59. The van der Waals surface area contributed by atoms with Crippen LogP contribution in [-0.2, 0) is 9.59 Å². The number of nitrogens with zero attached hydrogens (tertiary/aromatic N) is 2. The predicted octanol–water partition coefficient (Wildman–Crippen LogP) is 6.80. The Bertz CT molecular complexity index is 1570. The number of halogens is 3. The molecule has 0 aliphatic carbocycles. The lowest BCUT2D eigenvalue weighted by atomic mass is 10.2. The summed E-state index contributed by atoms with van der Waals surface area (Å²) in [5, 5.41) is 8.61. The molecule has 0 saturated heterocycles. The van der Waals surface area contributed by atoms with E-state index in [4.69, 9.17) is 34.8 Å². The summed E-state index contributed by atoms with van der Waals surface area (Å²) in [5.74, 6) is -1.54. The van der Waals surface area contributed by atoms with Crippen LogP contribution in [0.25, 0.3) is 11.3 Å². The molecule has 4 aromatic rings. The van der Waals surface area contributed by atoms with Crippen molar-refractivity contribution in [2.45, 2.75) is 0 Å². The van der Waals surface area contributed by atoms with Crippen molar-refractivity contribution in [1.82, 2.24) is 4.98 Å². The number of amides is 3. The van der Waals surface area contributed by atoms with Crippen LogP contribution in [0.4, 0.5) is 16.5 Å². The first-order valence-corrected chi connectivity index (χ1v) is 12.8. The lowest BCUT2D eigenvalue weighted by Crippen LogP contribution is -2.32. The van der Waals surface area contributed by atoms with Crippen molar-refractivity contribution in [3.63, 3.8) is 0 Å². The average molecular weight is 570 g/mol. The predicted molar refractivity (Wildman–Crippen MR) is 147 cm³/mol. The number of rotatable bonds is 6. The number of para-hydroxylation sites is 1. The first kappa shape index (κ1) is 25.0. The highest BCUT2D eigenvalue weighted by molar-refractivity contribution is 7.14. The second kappa shape index (κ2) is 10.4. The van der Waals surface area contributed by atoms with Crippen LogP contribution in [0.15, 0.2) is 88.9 Å². The maximum absolute atomic E-state index is 12.9. The quantitative estimate of drug-likeness (QED) is 0.249. The van der Waals surface area contributed by atoms with Crippen molar-refractivity contribution < 1.29 is 14.4 Å². The molecule has 1 aromatic heterocycles. The van der Waals surface area contributed by atoms with Crippen LogP contribution in [0.5, 0.6) is 0 Å². The Hall–Kier alpha value is -3.69. The summed E-state index contributed by atoms with van der Waals surface area (Å²) in [5.41, 5.74) is 2.55. The Morgan fingerprint density at radius 2 is 1.62 bits per heavy atom. The molecule has 0 radical (unpaired) electrons. The van der Waals surface area contributed by atoms with Gasteiger partial charge in [0.1, 0.15) is 10.7 Å². The fourth-order valence-corrected chi connectivity index (χ4v) is 5.02. The fraction of sp³-hybridized carbons (Fsp3) is 0. The summed E-state index contributed by atoms with van der Waals surface area (Å²) < 4.78 is 0. The topological polar surface area (TPSA) is 91.4 Å². The molecule has 3 aromatic carbocycles. The number of thiazole rings is 1. The van der Waals surface area contributed by atoms with E-state index in [9.17, 15) is 14.4 Å². The van der Waals surface area contributed by atoms with E-state index in [-0.39, 0.29) is 16.6 Å². The number of carbonyl (C=O) groups is 3. The molecule has 0 bridgehead atoms. The minimum absolute atomic E-state index is 0.0381. The largest absolute Gasteiger partial charge is 0.350 e. The van der Waals surface area contributed by atoms with Gasteiger partial charge in [-0.2, -0.15) is 0 Å². The van der Waals surface area contributed by atoms with E-state index >= 15 is 0 Å². The summed E-state index contributed by atoms with van der Waals surface area (Å²) in [7, 11) is 0. The Morgan fingerprint density at radius 1 is 0.892 bits per heavy atom. The van der Waals surface area contributed by atoms with Gasteiger partial charge in [-0.3, -0.25) is 19.7 Å². The van der Waals surface area contributed by atoms with Crippen LogP contribution >= 0.6 is 46.1 Å². The lowest BCUT2D eigenvalue weighted by Gasteiger charge is -2.14. The van der Waals surface area contributed by atoms with Gasteiger partial charge < -0.3 is 5.32 Å². The summed E-state index contributed by atoms with van der Waals surface area (Å²) in [6, 6.07) is 20.0. The molecule has 5 rings (SSSR count). The Labute approximate surface area is 230 Å². The highest BCUT2D eigenvalue weighted by Crippen LogP contribution is 2.33. The molecule has 184 valence electrons. The second-order valence-electron chi connectivity index (χ2n) is 7.79. The molecule has 2 heterocycles. The lowest BCUT2D eigenvalue weighted by molar-refractivity contribution is -0.120. The SMILES string of the molecule is O=C(Nc1nc(-c2ccc(Cl)cc2Cl)cs1)c1ccc(NC2=C(Cl)C(=O)N(c3ccccc3)C2=O)cc1. The van der Waals surface area contributed by atoms with E-state index in [1.807, 2.05) is 0 Å². The Balaban J connectivity index is 1.26. The molecule has 11 heteroatoms. The highest BCUT2D eigenvalue weighted by atomic mass is 35.5. The number of carbonyl (C=O) groups excluding carboxylic acids is 3. The van der Waals surface area contributed by atoms with Gasteiger partial charge in [-0.25, -0.2) is 9.88 Å². The number of nitrogens with one attached hydrogen (secondary N) is 2. The molecule has 3 amide bonds. The zero-order valence-corrected chi connectivity index (χ0v) is 21.8. The van der Waals surface area contributed by atoms with Crippen molar-refractivity contribution in [3.05, 3.63) is 105 Å². The van der Waals surface area contributed by atoms with Crippen LogP contribution in [0, 0.1) is 0 Å². The number of benzene rings is 3. The molecule has 0 atom stereocenters. The molecule has 2 N–H and O–H groups in total. The molecule has 0 spiro atoms. The first-order valence-electron chi connectivity index (χ1n) is 10.7. The molecule has 0 fully saturated rings. The van der Waals surface area contributed by atoms with Crippen molar-refractivity contribution >= 4 is 80.4 Å². The third-order valence-corrected chi connectivity index (χ3v) is 7.05. The zero-order chi connectivity index (χ0) is 26.1. The maximum atomic E-state index is 12.9. The summed E-state index contributed by atoms with van der Waals surface area (Å²) >= 11 is 19.6. The van der Waals surface area contributed by atoms with Crippen molar-refractivity contribution in [2.75, 3.05) is 15.5 Å². The second-order valence-corrected chi connectivity index (χ2v) is 9.87. The number of hydrogen-bond donors (Lipinski definition) is 2. The molecule has 0 unspecified atom stereocenters. The van der Waals surface area contributed by atoms with Crippen LogP contribution < -0.4 is 15.5 Å². The Morgan fingerprint density at radius 3 is 2.32 bits per heavy atom. The molecule has 0 saturated carbocycles. The molecular formula is C26H15Cl3N4O3S. The van der Waals surface area contributed by atoms with Crippen LogP contribution in [0.3, 0.4) is 0 Å². The van der Waals surface area contributed by atoms with E-state index in [0.717, 1.165) is 4.90 Å². The van der Waals surface area contributed by atoms with E-state index in [1.54, 1.807) is 78.2 Å². The van der Waals surface area contributed by atoms with E-state index in [1.165, 1.54) is 11.3 Å². The number of hydrogen-bond acceptors (Lipinski definition) is 6. The van der Waals surface area contributed by atoms with Gasteiger partial charge >= 0.3 is 0 Å². The standard InChI is InChI=1S/C26H15Cl3N4O3S/c27-15-8-11-18(19(28)12-15)20-13-37-26(31-20)32-23(34)14-6-9-16(10-7-14)30-22-21(29)24(35)33(25(22)36)17-4-2-1-3-5-17/h1-13,30H,(H,31,32,34). The summed E-state index contributed by atoms with van der Waals surface area (Å²) in [6.45, 7) is 0. The first-order chi connectivity index (χ1) is 17.8. The molecule has 1 aliphatic rings. The van der Waals surface area contributed by atoms with E-state index in [2.05, 4.69) is 15.6 Å². The highest BCUT2D eigenvalue weighted by Gasteiger charge is 2.38. The third-order valence-electron chi connectivity index (χ3n) is 5.39. The van der Waals surface area contributed by atoms with Gasteiger partial charge in [0, 0.05) is 27.2 Å². The number of aromatic nitrogens is 1. The normalized spacial score (nSPS) is 13.3. The van der Waals surface area contributed by atoms with Crippen molar-refractivity contribution in [1.29, 1.82) is 0 Å². The van der Waals surface area contributed by atoms with Gasteiger partial charge in [-0.1, -0.05) is 53.0 Å². The summed E-state index contributed by atoms with van der Waals surface area (Å²) in [4.78, 5) is 43.6.